The molecule has 0 spiro atoms. The zero-order valence-corrected chi connectivity index (χ0v) is 14.5. The molecular formula is C19H17N5O3. The Morgan fingerprint density at radius 3 is 2.52 bits per heavy atom. The van der Waals surface area contributed by atoms with Gasteiger partial charge in [-0.3, -0.25) is 9.78 Å². The van der Waals surface area contributed by atoms with Gasteiger partial charge >= 0.3 is 5.97 Å². The van der Waals surface area contributed by atoms with Gasteiger partial charge in [0.05, 0.1) is 30.5 Å². The van der Waals surface area contributed by atoms with E-state index in [9.17, 15) is 9.59 Å². The highest BCUT2D eigenvalue weighted by Gasteiger charge is 2.10. The number of ether oxygens (including phenoxy) is 1. The Morgan fingerprint density at radius 2 is 1.81 bits per heavy atom. The van der Waals surface area contributed by atoms with Crippen LogP contribution in [0, 0.1) is 0 Å². The zero-order valence-electron chi connectivity index (χ0n) is 14.5. The van der Waals surface area contributed by atoms with Crippen molar-refractivity contribution in [3.63, 3.8) is 0 Å². The summed E-state index contributed by atoms with van der Waals surface area (Å²) in [5, 5.41) is 5.73. The van der Waals surface area contributed by atoms with E-state index in [0.29, 0.717) is 29.3 Å². The molecule has 0 aliphatic carbocycles. The molecule has 3 aromatic rings. The van der Waals surface area contributed by atoms with Gasteiger partial charge < -0.3 is 15.4 Å². The van der Waals surface area contributed by atoms with Gasteiger partial charge in [0.25, 0.3) is 5.91 Å². The first-order chi connectivity index (χ1) is 13.2. The molecule has 8 nitrogen and oxygen atoms in total. The second kappa shape index (κ2) is 8.52. The first kappa shape index (κ1) is 18.0. The van der Waals surface area contributed by atoms with Crippen LogP contribution in [0.25, 0.3) is 0 Å². The molecule has 0 fully saturated rings. The Hall–Kier alpha value is -3.81. The molecule has 3 rings (SSSR count). The molecule has 0 atom stereocenters. The maximum atomic E-state index is 12.3. The summed E-state index contributed by atoms with van der Waals surface area (Å²) in [6, 6.07) is 12.1. The van der Waals surface area contributed by atoms with Crippen LogP contribution in [-0.2, 0) is 11.3 Å². The Morgan fingerprint density at radius 1 is 1.00 bits per heavy atom. The second-order valence-electron chi connectivity index (χ2n) is 5.50. The van der Waals surface area contributed by atoms with E-state index in [1.54, 1.807) is 24.4 Å². The van der Waals surface area contributed by atoms with Crippen LogP contribution in [0.4, 0.5) is 11.6 Å². The average Bonchev–Trinajstić information content (AvgIpc) is 2.73. The number of carbonyl (C=O) groups excluding carboxylic acids is 2. The molecule has 8 heteroatoms. The molecular weight excluding hydrogens is 346 g/mol. The summed E-state index contributed by atoms with van der Waals surface area (Å²) in [6.45, 7) is 0.479. The van der Waals surface area contributed by atoms with Gasteiger partial charge in [0.1, 0.15) is 0 Å². The molecule has 0 radical (unpaired) electrons. The Balaban J connectivity index is 1.61. The molecule has 0 bridgehead atoms. The van der Waals surface area contributed by atoms with Gasteiger partial charge in [-0.15, -0.1) is 0 Å². The van der Waals surface area contributed by atoms with E-state index in [2.05, 4.69) is 30.3 Å². The quantitative estimate of drug-likeness (QED) is 0.648. The highest BCUT2D eigenvalue weighted by molar-refractivity contribution is 6.04. The number of methoxy groups -OCH3 is 1. The fraction of sp³-hybridized carbons (Fsp3) is 0.105. The third kappa shape index (κ3) is 4.85. The van der Waals surface area contributed by atoms with Crippen LogP contribution in [-0.4, -0.2) is 33.9 Å². The van der Waals surface area contributed by atoms with Crippen LogP contribution in [0.15, 0.2) is 61.1 Å². The minimum atomic E-state index is -0.474. The van der Waals surface area contributed by atoms with Crippen molar-refractivity contribution >= 4 is 23.5 Å². The van der Waals surface area contributed by atoms with Crippen molar-refractivity contribution in [1.29, 1.82) is 0 Å². The molecule has 1 amide bonds. The smallest absolute Gasteiger partial charge is 0.337 e. The maximum absolute atomic E-state index is 12.3. The van der Waals surface area contributed by atoms with Crippen molar-refractivity contribution in [2.24, 2.45) is 0 Å². The SMILES string of the molecule is COC(=O)c1cccc(NC(=O)c2cnc(NCc3ccccn3)nc2)c1. The van der Waals surface area contributed by atoms with Gasteiger partial charge in [-0.25, -0.2) is 14.8 Å². The highest BCUT2D eigenvalue weighted by atomic mass is 16.5. The number of rotatable bonds is 6. The first-order valence-corrected chi connectivity index (χ1v) is 8.11. The lowest BCUT2D eigenvalue weighted by Crippen LogP contribution is -2.14. The minimum absolute atomic E-state index is 0.293. The predicted octanol–water partition coefficient (Wildman–Crippen LogP) is 2.52. The maximum Gasteiger partial charge on any atom is 0.337 e. The number of nitrogens with zero attached hydrogens (tertiary/aromatic N) is 3. The van der Waals surface area contributed by atoms with E-state index in [1.807, 2.05) is 18.2 Å². The number of amides is 1. The number of hydrogen-bond donors (Lipinski definition) is 2. The van der Waals surface area contributed by atoms with E-state index < -0.39 is 5.97 Å². The van der Waals surface area contributed by atoms with Crippen LogP contribution in [0.1, 0.15) is 26.4 Å². The lowest BCUT2D eigenvalue weighted by molar-refractivity contribution is 0.0600. The number of pyridine rings is 1. The molecule has 27 heavy (non-hydrogen) atoms. The normalized spacial score (nSPS) is 10.1. The molecule has 0 aliphatic rings. The molecule has 0 unspecified atom stereocenters. The number of anilines is 2. The monoisotopic (exact) mass is 363 g/mol. The number of nitrogens with one attached hydrogen (secondary N) is 2. The standard InChI is InChI=1S/C19H17N5O3/c1-27-18(26)13-5-4-7-15(9-13)24-17(25)14-10-21-19(22-11-14)23-12-16-6-2-3-8-20-16/h2-11H,12H2,1H3,(H,24,25)(H,21,22,23). The van der Waals surface area contributed by atoms with Crippen molar-refractivity contribution in [2.45, 2.75) is 6.54 Å². The minimum Gasteiger partial charge on any atom is -0.465 e. The number of hydrogen-bond acceptors (Lipinski definition) is 7. The highest BCUT2D eigenvalue weighted by Crippen LogP contribution is 2.13. The largest absolute Gasteiger partial charge is 0.465 e. The average molecular weight is 363 g/mol. The van der Waals surface area contributed by atoms with E-state index in [4.69, 9.17) is 0 Å². The number of benzene rings is 1. The predicted molar refractivity (Wildman–Crippen MR) is 99.3 cm³/mol. The van der Waals surface area contributed by atoms with E-state index >= 15 is 0 Å². The van der Waals surface area contributed by atoms with Crippen molar-refractivity contribution in [3.05, 3.63) is 77.9 Å². The third-order valence-electron chi connectivity index (χ3n) is 3.61. The van der Waals surface area contributed by atoms with Gasteiger partial charge in [-0.2, -0.15) is 0 Å². The fourth-order valence-electron chi connectivity index (χ4n) is 2.25. The Bertz CT molecular complexity index is 930. The third-order valence-corrected chi connectivity index (χ3v) is 3.61. The summed E-state index contributed by atoms with van der Waals surface area (Å²) in [6.07, 6.45) is 4.56. The molecule has 2 N–H and O–H groups in total. The van der Waals surface area contributed by atoms with Gasteiger partial charge in [0, 0.05) is 24.3 Å². The molecule has 0 aliphatic heterocycles. The first-order valence-electron chi connectivity index (χ1n) is 8.11. The van der Waals surface area contributed by atoms with Crippen LogP contribution < -0.4 is 10.6 Å². The molecule has 0 saturated heterocycles. The Labute approximate surface area is 155 Å². The molecule has 2 aromatic heterocycles. The molecule has 136 valence electrons. The van der Waals surface area contributed by atoms with Crippen LogP contribution >= 0.6 is 0 Å². The number of esters is 1. The van der Waals surface area contributed by atoms with Crippen LogP contribution in [0.3, 0.4) is 0 Å². The van der Waals surface area contributed by atoms with Crippen molar-refractivity contribution in [1.82, 2.24) is 15.0 Å². The summed E-state index contributed by atoms with van der Waals surface area (Å²) in [5.74, 6) is -0.462. The molecule has 0 saturated carbocycles. The number of aromatic nitrogens is 3. The van der Waals surface area contributed by atoms with Gasteiger partial charge in [0.2, 0.25) is 5.95 Å². The molecule has 1 aromatic carbocycles. The van der Waals surface area contributed by atoms with Crippen molar-refractivity contribution in [2.75, 3.05) is 17.7 Å². The fourth-order valence-corrected chi connectivity index (χ4v) is 2.25. The summed E-state index contributed by atoms with van der Waals surface area (Å²) in [7, 11) is 1.30. The zero-order chi connectivity index (χ0) is 19.1. The summed E-state index contributed by atoms with van der Waals surface area (Å²) < 4.78 is 4.67. The van der Waals surface area contributed by atoms with E-state index in [0.717, 1.165) is 5.69 Å². The van der Waals surface area contributed by atoms with E-state index in [-0.39, 0.29) is 5.91 Å². The van der Waals surface area contributed by atoms with Crippen LogP contribution in [0.5, 0.6) is 0 Å². The van der Waals surface area contributed by atoms with E-state index in [1.165, 1.54) is 25.6 Å². The van der Waals surface area contributed by atoms with Gasteiger partial charge in [-0.05, 0) is 30.3 Å². The summed E-state index contributed by atoms with van der Waals surface area (Å²) in [5.41, 5.74) is 1.97. The van der Waals surface area contributed by atoms with Crippen LogP contribution in [0.2, 0.25) is 0 Å². The Kier molecular flexibility index (Phi) is 5.68. The summed E-state index contributed by atoms with van der Waals surface area (Å²) >= 11 is 0. The van der Waals surface area contributed by atoms with Gasteiger partial charge in [-0.1, -0.05) is 12.1 Å². The number of carbonyl (C=O) groups is 2. The topological polar surface area (TPSA) is 106 Å². The lowest BCUT2D eigenvalue weighted by atomic mass is 10.2. The van der Waals surface area contributed by atoms with Crippen molar-refractivity contribution < 1.29 is 14.3 Å². The lowest BCUT2D eigenvalue weighted by Gasteiger charge is -2.07. The van der Waals surface area contributed by atoms with Crippen molar-refractivity contribution in [3.8, 4) is 0 Å². The van der Waals surface area contributed by atoms with Gasteiger partial charge in [0.15, 0.2) is 0 Å². The summed E-state index contributed by atoms with van der Waals surface area (Å²) in [4.78, 5) is 36.3. The second-order valence-corrected chi connectivity index (χ2v) is 5.50. The molecule has 2 heterocycles.